The van der Waals surface area contributed by atoms with E-state index >= 15 is 0 Å². The smallest absolute Gasteiger partial charge is 0.248 e. The molecule has 2 heterocycles. The van der Waals surface area contributed by atoms with E-state index < -0.39 is 5.91 Å². The number of ether oxygens (including phenoxy) is 3. The van der Waals surface area contributed by atoms with E-state index in [2.05, 4.69) is 10.2 Å². The topological polar surface area (TPSA) is 98.9 Å². The molecule has 34 heavy (non-hydrogen) atoms. The summed E-state index contributed by atoms with van der Waals surface area (Å²) >= 11 is 1.47. The normalized spacial score (nSPS) is 14.2. The van der Waals surface area contributed by atoms with Crippen LogP contribution < -0.4 is 20.5 Å². The molecule has 1 aromatic heterocycles. The van der Waals surface area contributed by atoms with Crippen LogP contribution in [0.25, 0.3) is 11.3 Å². The van der Waals surface area contributed by atoms with Crippen molar-refractivity contribution in [2.45, 2.75) is 20.0 Å². The summed E-state index contributed by atoms with van der Waals surface area (Å²) in [6.45, 7) is 8.94. The van der Waals surface area contributed by atoms with Crippen molar-refractivity contribution in [1.29, 1.82) is 0 Å². The molecule has 0 atom stereocenters. The van der Waals surface area contributed by atoms with Crippen molar-refractivity contribution >= 4 is 28.1 Å². The summed E-state index contributed by atoms with van der Waals surface area (Å²) in [6.07, 6.45) is -0.0126. The van der Waals surface area contributed by atoms with Crippen molar-refractivity contribution in [3.8, 4) is 22.8 Å². The number of amides is 1. The van der Waals surface area contributed by atoms with Crippen molar-refractivity contribution in [3.05, 3.63) is 53.4 Å². The van der Waals surface area contributed by atoms with E-state index in [9.17, 15) is 4.79 Å². The van der Waals surface area contributed by atoms with Gasteiger partial charge in [-0.3, -0.25) is 9.69 Å². The summed E-state index contributed by atoms with van der Waals surface area (Å²) in [5.74, 6) is 0.978. The van der Waals surface area contributed by atoms with Crippen molar-refractivity contribution in [2.24, 2.45) is 5.73 Å². The predicted octanol–water partition coefficient (Wildman–Crippen LogP) is 4.15. The number of nitrogens with two attached hydrogens (primary N) is 1. The average Bonchev–Trinajstić information content (AvgIpc) is 3.29. The fourth-order valence-electron chi connectivity index (χ4n) is 3.56. The Morgan fingerprint density at radius 1 is 1.21 bits per heavy atom. The van der Waals surface area contributed by atoms with Gasteiger partial charge in [0.05, 0.1) is 30.7 Å². The molecule has 9 heteroatoms. The molecule has 0 spiro atoms. The Morgan fingerprint density at radius 3 is 2.68 bits per heavy atom. The molecule has 1 amide bonds. The molecule has 0 bridgehead atoms. The monoisotopic (exact) mass is 482 g/mol. The molecule has 2 aromatic carbocycles. The van der Waals surface area contributed by atoms with E-state index in [1.54, 1.807) is 18.2 Å². The Labute approximate surface area is 203 Å². The SMILES string of the molecule is CC(C)Oc1ccc(C(N)=O)cc1Nc1nc(-c2ccc(OCCN3CCOCC3)cc2)cs1. The first-order valence-electron chi connectivity index (χ1n) is 11.3. The number of benzene rings is 2. The van der Waals surface area contributed by atoms with Crippen molar-refractivity contribution in [3.63, 3.8) is 0 Å². The molecule has 1 fully saturated rings. The Balaban J connectivity index is 1.39. The summed E-state index contributed by atoms with van der Waals surface area (Å²) in [7, 11) is 0. The Morgan fingerprint density at radius 2 is 1.97 bits per heavy atom. The number of carbonyl (C=O) groups excluding carboxylic acids is 1. The second kappa shape index (κ2) is 11.3. The molecule has 1 saturated heterocycles. The van der Waals surface area contributed by atoms with Crippen LogP contribution in [0.3, 0.4) is 0 Å². The predicted molar refractivity (Wildman–Crippen MR) is 134 cm³/mol. The van der Waals surface area contributed by atoms with E-state index in [-0.39, 0.29) is 6.10 Å². The molecule has 4 rings (SSSR count). The lowest BCUT2D eigenvalue weighted by molar-refractivity contribution is 0.0322. The molecule has 0 unspecified atom stereocenters. The number of aromatic nitrogens is 1. The van der Waals surface area contributed by atoms with Gasteiger partial charge in [0, 0.05) is 36.1 Å². The number of morpholine rings is 1. The van der Waals surface area contributed by atoms with Crippen LogP contribution in [0.2, 0.25) is 0 Å². The standard InChI is InChI=1S/C25H30N4O4S/c1-17(2)33-23-8-5-19(24(26)30)15-21(23)27-25-28-22(16-34-25)18-3-6-20(7-4-18)32-14-11-29-9-12-31-13-10-29/h3-8,15-17H,9-14H2,1-2H3,(H2,26,30)(H,27,28). The van der Waals surface area contributed by atoms with Crippen LogP contribution in [0.15, 0.2) is 47.8 Å². The van der Waals surface area contributed by atoms with Crippen LogP contribution in [0.5, 0.6) is 11.5 Å². The minimum atomic E-state index is -0.494. The third-order valence-corrected chi connectivity index (χ3v) is 6.06. The van der Waals surface area contributed by atoms with Crippen LogP contribution in [0.4, 0.5) is 10.8 Å². The number of primary amides is 1. The maximum absolute atomic E-state index is 11.6. The van der Waals surface area contributed by atoms with Crippen molar-refractivity contribution < 1.29 is 19.0 Å². The van der Waals surface area contributed by atoms with Crippen molar-refractivity contribution in [1.82, 2.24) is 9.88 Å². The molecule has 3 N–H and O–H groups in total. The van der Waals surface area contributed by atoms with E-state index in [0.29, 0.717) is 28.7 Å². The minimum Gasteiger partial charge on any atom is -0.492 e. The third kappa shape index (κ3) is 6.47. The first kappa shape index (κ1) is 24.0. The largest absolute Gasteiger partial charge is 0.492 e. The average molecular weight is 483 g/mol. The molecule has 0 radical (unpaired) electrons. The first-order valence-corrected chi connectivity index (χ1v) is 12.2. The molecule has 1 aliphatic rings. The molecule has 0 saturated carbocycles. The molecule has 1 aliphatic heterocycles. The highest BCUT2D eigenvalue weighted by Gasteiger charge is 2.13. The number of rotatable bonds is 10. The fraction of sp³-hybridized carbons (Fsp3) is 0.360. The zero-order chi connectivity index (χ0) is 23.9. The van der Waals surface area contributed by atoms with Crippen LogP contribution >= 0.6 is 11.3 Å². The second-order valence-corrected chi connectivity index (χ2v) is 9.09. The number of nitrogens with zero attached hydrogens (tertiary/aromatic N) is 2. The fourth-order valence-corrected chi connectivity index (χ4v) is 4.29. The number of anilines is 2. The van der Waals surface area contributed by atoms with Gasteiger partial charge in [-0.2, -0.15) is 0 Å². The van der Waals surface area contributed by atoms with Gasteiger partial charge in [-0.05, 0) is 56.3 Å². The van der Waals surface area contributed by atoms with Gasteiger partial charge < -0.3 is 25.3 Å². The Hall–Kier alpha value is -3.14. The van der Waals surface area contributed by atoms with E-state index in [1.165, 1.54) is 11.3 Å². The van der Waals surface area contributed by atoms with E-state index in [1.807, 2.05) is 43.5 Å². The van der Waals surface area contributed by atoms with Gasteiger partial charge in [0.25, 0.3) is 0 Å². The Bertz CT molecular complexity index is 1090. The van der Waals surface area contributed by atoms with Gasteiger partial charge >= 0.3 is 0 Å². The lowest BCUT2D eigenvalue weighted by atomic mass is 10.1. The molecule has 8 nitrogen and oxygen atoms in total. The van der Waals surface area contributed by atoms with Gasteiger partial charge in [-0.25, -0.2) is 4.98 Å². The quantitative estimate of drug-likeness (QED) is 0.448. The lowest BCUT2D eigenvalue weighted by Gasteiger charge is -2.26. The summed E-state index contributed by atoms with van der Waals surface area (Å²) < 4.78 is 17.1. The maximum atomic E-state index is 11.6. The number of hydrogen-bond donors (Lipinski definition) is 2. The van der Waals surface area contributed by atoms with Gasteiger partial charge in [0.15, 0.2) is 5.13 Å². The summed E-state index contributed by atoms with van der Waals surface area (Å²) in [5, 5.41) is 5.94. The number of hydrogen-bond acceptors (Lipinski definition) is 8. The molecular weight excluding hydrogens is 452 g/mol. The molecular formula is C25H30N4O4S. The third-order valence-electron chi connectivity index (χ3n) is 5.30. The van der Waals surface area contributed by atoms with Gasteiger partial charge in [-0.15, -0.1) is 11.3 Å². The lowest BCUT2D eigenvalue weighted by Crippen LogP contribution is -2.38. The maximum Gasteiger partial charge on any atom is 0.248 e. The van der Waals surface area contributed by atoms with Crippen LogP contribution in [0.1, 0.15) is 24.2 Å². The molecule has 3 aromatic rings. The van der Waals surface area contributed by atoms with E-state index in [0.717, 1.165) is 49.9 Å². The van der Waals surface area contributed by atoms with Crippen LogP contribution in [-0.2, 0) is 4.74 Å². The van der Waals surface area contributed by atoms with Gasteiger partial charge in [0.2, 0.25) is 5.91 Å². The molecule has 180 valence electrons. The summed E-state index contributed by atoms with van der Waals surface area (Å²) in [5.41, 5.74) is 8.35. The highest BCUT2D eigenvalue weighted by atomic mass is 32.1. The van der Waals surface area contributed by atoms with Crippen LogP contribution in [-0.4, -0.2) is 61.3 Å². The number of thiazole rings is 1. The highest BCUT2D eigenvalue weighted by Crippen LogP contribution is 2.33. The highest BCUT2D eigenvalue weighted by molar-refractivity contribution is 7.14. The Kier molecular flexibility index (Phi) is 7.99. The minimum absolute atomic E-state index is 0.0126. The molecule has 0 aliphatic carbocycles. The van der Waals surface area contributed by atoms with Gasteiger partial charge in [0.1, 0.15) is 18.1 Å². The second-order valence-electron chi connectivity index (χ2n) is 8.23. The van der Waals surface area contributed by atoms with E-state index in [4.69, 9.17) is 24.9 Å². The van der Waals surface area contributed by atoms with Crippen LogP contribution in [0, 0.1) is 0 Å². The van der Waals surface area contributed by atoms with Crippen molar-refractivity contribution in [2.75, 3.05) is 44.8 Å². The first-order chi connectivity index (χ1) is 16.5. The number of nitrogens with one attached hydrogen (secondary N) is 1. The zero-order valence-electron chi connectivity index (χ0n) is 19.5. The summed E-state index contributed by atoms with van der Waals surface area (Å²) in [4.78, 5) is 18.7. The zero-order valence-corrected chi connectivity index (χ0v) is 20.3. The van der Waals surface area contributed by atoms with Gasteiger partial charge in [-0.1, -0.05) is 0 Å². The number of carbonyl (C=O) groups is 1. The summed E-state index contributed by atoms with van der Waals surface area (Å²) in [6, 6.07) is 13.0.